The van der Waals surface area contributed by atoms with Gasteiger partial charge in [-0.15, -0.1) is 0 Å². The lowest BCUT2D eigenvalue weighted by atomic mass is 9.99. The first kappa shape index (κ1) is 22.8. The van der Waals surface area contributed by atoms with Gasteiger partial charge in [0.05, 0.1) is 18.1 Å². The van der Waals surface area contributed by atoms with Crippen molar-refractivity contribution in [2.75, 3.05) is 26.7 Å². The van der Waals surface area contributed by atoms with Crippen molar-refractivity contribution in [1.29, 1.82) is 0 Å². The van der Waals surface area contributed by atoms with E-state index in [1.54, 1.807) is 25.3 Å². The highest BCUT2D eigenvalue weighted by molar-refractivity contribution is 5.94. The number of aromatic nitrogens is 2. The SMILES string of the molecule is COc1cccc(C(=O)NCCCc2nc3ccccc3n2CC(=O)N2CCC(C)CC2)c1. The molecule has 0 saturated carbocycles. The van der Waals surface area contributed by atoms with Gasteiger partial charge in [-0.2, -0.15) is 0 Å². The number of carbonyl (C=O) groups is 2. The van der Waals surface area contributed by atoms with Gasteiger partial charge in [0.1, 0.15) is 18.1 Å². The van der Waals surface area contributed by atoms with Gasteiger partial charge in [-0.05, 0) is 55.5 Å². The molecule has 7 heteroatoms. The molecule has 4 rings (SSSR count). The van der Waals surface area contributed by atoms with Crippen LogP contribution < -0.4 is 10.1 Å². The maximum absolute atomic E-state index is 13.0. The lowest BCUT2D eigenvalue weighted by Crippen LogP contribution is -2.40. The summed E-state index contributed by atoms with van der Waals surface area (Å²) >= 11 is 0. The zero-order chi connectivity index (χ0) is 23.2. The normalized spacial score (nSPS) is 14.4. The summed E-state index contributed by atoms with van der Waals surface area (Å²) in [5.41, 5.74) is 2.45. The van der Waals surface area contributed by atoms with E-state index in [4.69, 9.17) is 9.72 Å². The number of aryl methyl sites for hydroxylation is 1. The zero-order valence-electron chi connectivity index (χ0n) is 19.4. The summed E-state index contributed by atoms with van der Waals surface area (Å²) in [6.45, 7) is 4.74. The van der Waals surface area contributed by atoms with E-state index in [2.05, 4.69) is 12.2 Å². The summed E-state index contributed by atoms with van der Waals surface area (Å²) in [6.07, 6.45) is 3.54. The monoisotopic (exact) mass is 448 g/mol. The highest BCUT2D eigenvalue weighted by Gasteiger charge is 2.22. The molecule has 0 spiro atoms. The second kappa shape index (κ2) is 10.5. The number of piperidine rings is 1. The van der Waals surface area contributed by atoms with Gasteiger partial charge in [0.2, 0.25) is 5.91 Å². The fraction of sp³-hybridized carbons (Fsp3) is 0.423. The average Bonchev–Trinajstić information content (AvgIpc) is 3.19. The maximum atomic E-state index is 13.0. The number of carbonyl (C=O) groups excluding carboxylic acids is 2. The second-order valence-electron chi connectivity index (χ2n) is 8.76. The summed E-state index contributed by atoms with van der Waals surface area (Å²) in [5, 5.41) is 2.96. The first-order chi connectivity index (χ1) is 16.0. The molecule has 2 amide bonds. The summed E-state index contributed by atoms with van der Waals surface area (Å²) in [7, 11) is 1.58. The van der Waals surface area contributed by atoms with Gasteiger partial charge >= 0.3 is 0 Å². The Hall–Kier alpha value is -3.35. The number of para-hydroxylation sites is 2. The quantitative estimate of drug-likeness (QED) is 0.534. The molecule has 1 aliphatic heterocycles. The van der Waals surface area contributed by atoms with Crippen molar-refractivity contribution in [3.8, 4) is 5.75 Å². The highest BCUT2D eigenvalue weighted by atomic mass is 16.5. The minimum atomic E-state index is -0.128. The van der Waals surface area contributed by atoms with Crippen LogP contribution in [0.15, 0.2) is 48.5 Å². The molecule has 174 valence electrons. The van der Waals surface area contributed by atoms with Gasteiger partial charge in [0.15, 0.2) is 0 Å². The standard InChI is InChI=1S/C26H32N4O3/c1-19-12-15-29(16-13-19)25(31)18-30-23-10-4-3-9-22(23)28-24(30)11-6-14-27-26(32)20-7-5-8-21(17-20)33-2/h3-5,7-10,17,19H,6,11-16,18H2,1-2H3,(H,27,32). The lowest BCUT2D eigenvalue weighted by Gasteiger charge is -2.30. The van der Waals surface area contributed by atoms with E-state index in [1.807, 2.05) is 39.8 Å². The Balaban J connectivity index is 1.39. The van der Waals surface area contributed by atoms with Crippen molar-refractivity contribution >= 4 is 22.8 Å². The molecule has 2 heterocycles. The predicted octanol–water partition coefficient (Wildman–Crippen LogP) is 3.67. The number of nitrogens with one attached hydrogen (secondary N) is 1. The predicted molar refractivity (Wildman–Crippen MR) is 128 cm³/mol. The third-order valence-corrected chi connectivity index (χ3v) is 6.36. The first-order valence-corrected chi connectivity index (χ1v) is 11.7. The van der Waals surface area contributed by atoms with Crippen molar-refractivity contribution in [3.63, 3.8) is 0 Å². The molecule has 33 heavy (non-hydrogen) atoms. The summed E-state index contributed by atoms with van der Waals surface area (Å²) in [5.74, 6) is 2.25. The molecule has 1 N–H and O–H groups in total. The Morgan fingerprint density at radius 2 is 1.91 bits per heavy atom. The third-order valence-electron chi connectivity index (χ3n) is 6.36. The number of methoxy groups -OCH3 is 1. The molecule has 2 aromatic carbocycles. The lowest BCUT2D eigenvalue weighted by molar-refractivity contribution is -0.133. The largest absolute Gasteiger partial charge is 0.497 e. The Labute approximate surface area is 194 Å². The fourth-order valence-corrected chi connectivity index (χ4v) is 4.30. The van der Waals surface area contributed by atoms with Crippen molar-refractivity contribution in [2.45, 2.75) is 39.2 Å². The van der Waals surface area contributed by atoms with Crippen LogP contribution in [-0.2, 0) is 17.8 Å². The fourth-order valence-electron chi connectivity index (χ4n) is 4.30. The minimum absolute atomic E-state index is 0.128. The van der Waals surface area contributed by atoms with E-state index >= 15 is 0 Å². The van der Waals surface area contributed by atoms with E-state index in [-0.39, 0.29) is 11.8 Å². The Bertz CT molecular complexity index is 1120. The summed E-state index contributed by atoms with van der Waals surface area (Å²) in [6, 6.07) is 15.0. The molecule has 3 aromatic rings. The van der Waals surface area contributed by atoms with Crippen LogP contribution in [-0.4, -0.2) is 53.0 Å². The molecule has 0 bridgehead atoms. The van der Waals surface area contributed by atoms with E-state index in [9.17, 15) is 9.59 Å². The number of hydrogen-bond acceptors (Lipinski definition) is 4. The molecule has 0 unspecified atom stereocenters. The van der Waals surface area contributed by atoms with E-state index in [0.717, 1.165) is 49.2 Å². The smallest absolute Gasteiger partial charge is 0.251 e. The first-order valence-electron chi connectivity index (χ1n) is 11.7. The van der Waals surface area contributed by atoms with Crippen molar-refractivity contribution in [1.82, 2.24) is 19.8 Å². The molecule has 1 saturated heterocycles. The molecule has 1 aromatic heterocycles. The average molecular weight is 449 g/mol. The minimum Gasteiger partial charge on any atom is -0.497 e. The van der Waals surface area contributed by atoms with Gasteiger partial charge in [-0.3, -0.25) is 9.59 Å². The molecule has 1 fully saturated rings. The van der Waals surface area contributed by atoms with Gasteiger partial charge in [-0.1, -0.05) is 25.1 Å². The van der Waals surface area contributed by atoms with Crippen molar-refractivity contribution in [3.05, 3.63) is 59.9 Å². The maximum Gasteiger partial charge on any atom is 0.251 e. The van der Waals surface area contributed by atoms with Crippen LogP contribution in [0, 0.1) is 5.92 Å². The van der Waals surface area contributed by atoms with Crippen LogP contribution >= 0.6 is 0 Å². The number of benzene rings is 2. The Kier molecular flexibility index (Phi) is 7.27. The number of likely N-dealkylation sites (tertiary alicyclic amines) is 1. The van der Waals surface area contributed by atoms with Crippen LogP contribution in [0.3, 0.4) is 0 Å². The molecular formula is C26H32N4O3. The van der Waals surface area contributed by atoms with Crippen molar-refractivity contribution < 1.29 is 14.3 Å². The number of nitrogens with zero attached hydrogens (tertiary/aromatic N) is 3. The van der Waals surface area contributed by atoms with E-state index < -0.39 is 0 Å². The van der Waals surface area contributed by atoms with Gasteiger partial charge < -0.3 is 19.5 Å². The molecule has 0 aliphatic carbocycles. The van der Waals surface area contributed by atoms with E-state index in [0.29, 0.717) is 36.7 Å². The van der Waals surface area contributed by atoms with Gasteiger partial charge in [-0.25, -0.2) is 4.98 Å². The van der Waals surface area contributed by atoms with E-state index in [1.165, 1.54) is 0 Å². The molecule has 0 atom stereocenters. The number of amides is 2. The number of hydrogen-bond donors (Lipinski definition) is 1. The van der Waals surface area contributed by atoms with Gasteiger partial charge in [0, 0.05) is 31.6 Å². The molecule has 1 aliphatic rings. The number of fused-ring (bicyclic) bond motifs is 1. The number of imidazole rings is 1. The summed E-state index contributed by atoms with van der Waals surface area (Å²) in [4.78, 5) is 32.2. The second-order valence-corrected chi connectivity index (χ2v) is 8.76. The van der Waals surface area contributed by atoms with Crippen molar-refractivity contribution in [2.24, 2.45) is 5.92 Å². The molecule has 0 radical (unpaired) electrons. The zero-order valence-corrected chi connectivity index (χ0v) is 19.4. The Morgan fingerprint density at radius 3 is 2.70 bits per heavy atom. The summed E-state index contributed by atoms with van der Waals surface area (Å²) < 4.78 is 7.23. The topological polar surface area (TPSA) is 76.5 Å². The number of ether oxygens (including phenoxy) is 1. The molecular weight excluding hydrogens is 416 g/mol. The highest BCUT2D eigenvalue weighted by Crippen LogP contribution is 2.20. The molecule has 7 nitrogen and oxygen atoms in total. The van der Waals surface area contributed by atoms with Crippen LogP contribution in [0.2, 0.25) is 0 Å². The Morgan fingerprint density at radius 1 is 1.12 bits per heavy atom. The van der Waals surface area contributed by atoms with Crippen LogP contribution in [0.5, 0.6) is 5.75 Å². The van der Waals surface area contributed by atoms with Crippen LogP contribution in [0.4, 0.5) is 0 Å². The van der Waals surface area contributed by atoms with Crippen LogP contribution in [0.25, 0.3) is 11.0 Å². The third kappa shape index (κ3) is 5.53. The number of rotatable bonds is 8. The van der Waals surface area contributed by atoms with Crippen LogP contribution in [0.1, 0.15) is 42.4 Å². The van der Waals surface area contributed by atoms with Gasteiger partial charge in [0.25, 0.3) is 5.91 Å².